The highest BCUT2D eigenvalue weighted by Crippen LogP contribution is 2.32. The van der Waals surface area contributed by atoms with Gasteiger partial charge in [0.15, 0.2) is 0 Å². The van der Waals surface area contributed by atoms with Crippen LogP contribution in [0.1, 0.15) is 57.6 Å². The lowest BCUT2D eigenvalue weighted by Gasteiger charge is -2.28. The predicted octanol–water partition coefficient (Wildman–Crippen LogP) is 4.96. The summed E-state index contributed by atoms with van der Waals surface area (Å²) in [5.41, 5.74) is 2.16. The van der Waals surface area contributed by atoms with Crippen LogP contribution < -0.4 is 0 Å². The Kier molecular flexibility index (Phi) is 7.15. The Morgan fingerprint density at radius 1 is 1.11 bits per heavy atom. The number of benzene rings is 1. The summed E-state index contributed by atoms with van der Waals surface area (Å²) in [6.07, 6.45) is 5.92. The van der Waals surface area contributed by atoms with E-state index in [-0.39, 0.29) is 6.61 Å². The van der Waals surface area contributed by atoms with Gasteiger partial charge in [-0.3, -0.25) is 0 Å². The zero-order chi connectivity index (χ0) is 14.3. The Bertz CT molecular complexity index is 348. The summed E-state index contributed by atoms with van der Waals surface area (Å²) in [7, 11) is 0. The van der Waals surface area contributed by atoms with Crippen LogP contribution in [0.25, 0.3) is 0 Å². The van der Waals surface area contributed by atoms with Crippen molar-refractivity contribution in [3.8, 4) is 0 Å². The lowest BCUT2D eigenvalue weighted by Crippen LogP contribution is -2.16. The number of aliphatic hydroxyl groups is 1. The van der Waals surface area contributed by atoms with Gasteiger partial charge in [0.05, 0.1) is 6.61 Å². The Hall–Kier alpha value is -0.820. The zero-order valence-corrected chi connectivity index (χ0v) is 13.0. The van der Waals surface area contributed by atoms with Gasteiger partial charge >= 0.3 is 0 Å². The van der Waals surface area contributed by atoms with Crippen molar-refractivity contribution in [2.75, 3.05) is 0 Å². The molecule has 0 atom stereocenters. The van der Waals surface area contributed by atoms with Gasteiger partial charge in [-0.1, -0.05) is 57.9 Å². The minimum atomic E-state index is 0.146. The highest BCUT2D eigenvalue weighted by atomic mass is 16.3. The molecule has 0 unspecified atom stereocenters. The molecule has 0 aliphatic heterocycles. The maximum absolute atomic E-state index is 8.72. The molecular formula is C18H30O. The molecule has 1 heteroatoms. The molecule has 1 nitrogen and oxygen atoms in total. The lowest BCUT2D eigenvalue weighted by atomic mass is 9.78. The van der Waals surface area contributed by atoms with E-state index in [9.17, 15) is 0 Å². The second-order valence-electron chi connectivity index (χ2n) is 6.35. The molecule has 0 spiro atoms. The van der Waals surface area contributed by atoms with E-state index >= 15 is 0 Å². The molecular weight excluding hydrogens is 232 g/mol. The quantitative estimate of drug-likeness (QED) is 0.799. The summed E-state index contributed by atoms with van der Waals surface area (Å²) >= 11 is 0. The van der Waals surface area contributed by atoms with E-state index in [1.54, 1.807) is 0 Å². The van der Waals surface area contributed by atoms with Gasteiger partial charge in [-0.2, -0.15) is 0 Å². The van der Waals surface area contributed by atoms with E-state index in [0.717, 1.165) is 28.9 Å². The lowest BCUT2D eigenvalue weighted by molar-refractivity contribution is 0.234. The molecule has 0 saturated heterocycles. The van der Waals surface area contributed by atoms with Crippen molar-refractivity contribution in [1.29, 1.82) is 0 Å². The standard InChI is InChI=1S/C10H20.C8H10O/c1-8(2)10-6-4-9(3)5-7-10;1-7-4-2-3-5-8(7)6-9/h8-10H,4-7H2,1-3H3;2-5,9H,6H2,1H3. The van der Waals surface area contributed by atoms with Crippen molar-refractivity contribution < 1.29 is 5.11 Å². The molecule has 1 aliphatic rings. The Labute approximate surface area is 119 Å². The first-order valence-electron chi connectivity index (χ1n) is 7.70. The van der Waals surface area contributed by atoms with Gasteiger partial charge in [-0.05, 0) is 48.6 Å². The molecule has 1 saturated carbocycles. The van der Waals surface area contributed by atoms with Crippen molar-refractivity contribution in [3.63, 3.8) is 0 Å². The molecule has 1 aliphatic carbocycles. The average molecular weight is 262 g/mol. The molecule has 0 amide bonds. The van der Waals surface area contributed by atoms with E-state index in [1.807, 2.05) is 31.2 Å². The third-order valence-corrected chi connectivity index (χ3v) is 4.43. The Morgan fingerprint density at radius 3 is 2.11 bits per heavy atom. The monoisotopic (exact) mass is 262 g/mol. The molecule has 1 N–H and O–H groups in total. The fourth-order valence-electron chi connectivity index (χ4n) is 2.74. The first-order valence-corrected chi connectivity index (χ1v) is 7.70. The van der Waals surface area contributed by atoms with Crippen LogP contribution in [0.4, 0.5) is 0 Å². The number of rotatable bonds is 2. The van der Waals surface area contributed by atoms with Crippen molar-refractivity contribution in [2.45, 2.75) is 60.0 Å². The highest BCUT2D eigenvalue weighted by Gasteiger charge is 2.19. The van der Waals surface area contributed by atoms with E-state index < -0.39 is 0 Å². The summed E-state index contributed by atoms with van der Waals surface area (Å²) in [6.45, 7) is 9.25. The third-order valence-electron chi connectivity index (χ3n) is 4.43. The molecule has 0 heterocycles. The van der Waals surface area contributed by atoms with Crippen LogP contribution >= 0.6 is 0 Å². The SMILES string of the molecule is CC1CCC(C(C)C)CC1.Cc1ccccc1CO. The molecule has 19 heavy (non-hydrogen) atoms. The summed E-state index contributed by atoms with van der Waals surface area (Å²) in [5, 5.41) is 8.72. The first-order chi connectivity index (χ1) is 9.04. The van der Waals surface area contributed by atoms with Gasteiger partial charge in [-0.25, -0.2) is 0 Å². The predicted molar refractivity (Wildman–Crippen MR) is 83.1 cm³/mol. The minimum absolute atomic E-state index is 0.146. The smallest absolute Gasteiger partial charge is 0.0684 e. The summed E-state index contributed by atoms with van der Waals surface area (Å²) in [5.74, 6) is 2.97. The summed E-state index contributed by atoms with van der Waals surface area (Å²) in [6, 6.07) is 7.81. The van der Waals surface area contributed by atoms with Crippen LogP contribution in [0.2, 0.25) is 0 Å². The van der Waals surface area contributed by atoms with Gasteiger partial charge in [-0.15, -0.1) is 0 Å². The maximum atomic E-state index is 8.72. The van der Waals surface area contributed by atoms with Gasteiger partial charge < -0.3 is 5.11 Å². The summed E-state index contributed by atoms with van der Waals surface area (Å²) < 4.78 is 0. The highest BCUT2D eigenvalue weighted by molar-refractivity contribution is 5.24. The van der Waals surface area contributed by atoms with Gasteiger partial charge in [0.2, 0.25) is 0 Å². The van der Waals surface area contributed by atoms with E-state index in [1.165, 1.54) is 25.7 Å². The fourth-order valence-corrected chi connectivity index (χ4v) is 2.74. The molecule has 108 valence electrons. The second-order valence-corrected chi connectivity index (χ2v) is 6.35. The van der Waals surface area contributed by atoms with Crippen LogP contribution in [-0.4, -0.2) is 5.11 Å². The van der Waals surface area contributed by atoms with Crippen molar-refractivity contribution >= 4 is 0 Å². The summed E-state index contributed by atoms with van der Waals surface area (Å²) in [4.78, 5) is 0. The second kappa shape index (κ2) is 8.37. The third kappa shape index (κ3) is 5.78. The minimum Gasteiger partial charge on any atom is -0.392 e. The van der Waals surface area contributed by atoms with Crippen LogP contribution in [-0.2, 0) is 6.61 Å². The van der Waals surface area contributed by atoms with Crippen LogP contribution in [0.5, 0.6) is 0 Å². The molecule has 1 fully saturated rings. The molecule has 1 aromatic rings. The molecule has 0 aromatic heterocycles. The number of aryl methyl sites for hydroxylation is 1. The number of hydrogen-bond acceptors (Lipinski definition) is 1. The van der Waals surface area contributed by atoms with Gasteiger partial charge in [0, 0.05) is 0 Å². The number of hydrogen-bond donors (Lipinski definition) is 1. The van der Waals surface area contributed by atoms with Crippen LogP contribution in [0.15, 0.2) is 24.3 Å². The maximum Gasteiger partial charge on any atom is 0.0684 e. The van der Waals surface area contributed by atoms with Crippen molar-refractivity contribution in [3.05, 3.63) is 35.4 Å². The normalized spacial score (nSPS) is 22.8. The molecule has 2 rings (SSSR count). The molecule has 1 aromatic carbocycles. The zero-order valence-electron chi connectivity index (χ0n) is 13.0. The van der Waals surface area contributed by atoms with Crippen LogP contribution in [0, 0.1) is 24.7 Å². The molecule has 0 bridgehead atoms. The van der Waals surface area contributed by atoms with E-state index in [0.29, 0.717) is 0 Å². The van der Waals surface area contributed by atoms with Crippen molar-refractivity contribution in [2.24, 2.45) is 17.8 Å². The molecule has 0 radical (unpaired) electrons. The number of aliphatic hydroxyl groups excluding tert-OH is 1. The van der Waals surface area contributed by atoms with Gasteiger partial charge in [0.1, 0.15) is 0 Å². The average Bonchev–Trinajstić information content (AvgIpc) is 2.40. The largest absolute Gasteiger partial charge is 0.392 e. The Balaban J connectivity index is 0.000000191. The van der Waals surface area contributed by atoms with E-state index in [2.05, 4.69) is 20.8 Å². The first kappa shape index (κ1) is 16.2. The topological polar surface area (TPSA) is 20.2 Å². The fraction of sp³-hybridized carbons (Fsp3) is 0.667. The van der Waals surface area contributed by atoms with Crippen molar-refractivity contribution in [1.82, 2.24) is 0 Å². The van der Waals surface area contributed by atoms with Gasteiger partial charge in [0.25, 0.3) is 0 Å². The van der Waals surface area contributed by atoms with Crippen LogP contribution in [0.3, 0.4) is 0 Å². The Morgan fingerprint density at radius 2 is 1.68 bits per heavy atom. The van der Waals surface area contributed by atoms with E-state index in [4.69, 9.17) is 5.11 Å².